The number of nitrogens with one attached hydrogen (secondary N) is 1. The second kappa shape index (κ2) is 4.42. The Morgan fingerprint density at radius 3 is 2.61 bits per heavy atom. The normalized spacial score (nSPS) is 10.4. The van der Waals surface area contributed by atoms with Crippen LogP contribution < -0.4 is 0 Å². The first-order valence-corrected chi connectivity index (χ1v) is 6.50. The number of benzene rings is 2. The van der Waals surface area contributed by atoms with Crippen molar-refractivity contribution in [3.05, 3.63) is 51.6 Å². The highest BCUT2D eigenvalue weighted by Crippen LogP contribution is 2.23. The highest BCUT2D eigenvalue weighted by Gasteiger charge is 2.08. The van der Waals surface area contributed by atoms with E-state index in [1.54, 1.807) is 6.07 Å². The number of aromatic nitrogens is 2. The summed E-state index contributed by atoms with van der Waals surface area (Å²) in [7, 11) is 0. The molecule has 0 fully saturated rings. The number of halogens is 1. The molecule has 0 spiro atoms. The summed E-state index contributed by atoms with van der Waals surface area (Å²) in [5, 5.41) is 9.05. The van der Waals surface area contributed by atoms with Gasteiger partial charge in [0.05, 0.1) is 11.1 Å². The molecular weight excluding hydrogens is 337 g/mol. The summed E-state index contributed by atoms with van der Waals surface area (Å²) in [6, 6.07) is 15.8. The van der Waals surface area contributed by atoms with Gasteiger partial charge in [-0.1, -0.05) is 18.2 Å². The van der Waals surface area contributed by atoms with Crippen LogP contribution in [0.25, 0.3) is 22.4 Å². The number of para-hydroxylation sites is 1. The highest BCUT2D eigenvalue weighted by molar-refractivity contribution is 14.1. The molecule has 0 unspecified atom stereocenters. The summed E-state index contributed by atoms with van der Waals surface area (Å²) in [5.41, 5.74) is 3.24. The van der Waals surface area contributed by atoms with Gasteiger partial charge in [0.2, 0.25) is 0 Å². The first-order valence-electron chi connectivity index (χ1n) is 5.43. The molecule has 1 heterocycles. The molecule has 1 aromatic heterocycles. The van der Waals surface area contributed by atoms with E-state index in [1.807, 2.05) is 36.4 Å². The zero-order chi connectivity index (χ0) is 12.5. The fraction of sp³-hybridized carbons (Fsp3) is 0. The van der Waals surface area contributed by atoms with Crippen LogP contribution in [0, 0.1) is 14.9 Å². The SMILES string of the molecule is N#Cc1cccc2[nH]c(-c3ccc(I)cc3)nc12. The van der Waals surface area contributed by atoms with Crippen LogP contribution in [0.5, 0.6) is 0 Å². The molecule has 3 aromatic rings. The molecule has 0 radical (unpaired) electrons. The molecule has 0 bridgehead atoms. The van der Waals surface area contributed by atoms with Gasteiger partial charge in [0, 0.05) is 9.13 Å². The largest absolute Gasteiger partial charge is 0.338 e. The van der Waals surface area contributed by atoms with Crippen molar-refractivity contribution >= 4 is 33.6 Å². The van der Waals surface area contributed by atoms with E-state index in [1.165, 1.54) is 3.57 Å². The molecule has 86 valence electrons. The van der Waals surface area contributed by atoms with Gasteiger partial charge in [-0.25, -0.2) is 4.98 Å². The lowest BCUT2D eigenvalue weighted by Gasteiger charge is -1.95. The van der Waals surface area contributed by atoms with E-state index in [-0.39, 0.29) is 0 Å². The number of H-pyrrole nitrogens is 1. The zero-order valence-corrected chi connectivity index (χ0v) is 11.5. The number of hydrogen-bond acceptors (Lipinski definition) is 2. The van der Waals surface area contributed by atoms with Crippen molar-refractivity contribution in [1.82, 2.24) is 9.97 Å². The summed E-state index contributed by atoms with van der Waals surface area (Å²) in [6.45, 7) is 0. The zero-order valence-electron chi connectivity index (χ0n) is 9.31. The lowest BCUT2D eigenvalue weighted by molar-refractivity contribution is 1.33. The molecule has 4 heteroatoms. The van der Waals surface area contributed by atoms with E-state index in [4.69, 9.17) is 5.26 Å². The van der Waals surface area contributed by atoms with Gasteiger partial charge in [-0.3, -0.25) is 0 Å². The minimum atomic E-state index is 0.598. The van der Waals surface area contributed by atoms with Crippen LogP contribution in [0.4, 0.5) is 0 Å². The monoisotopic (exact) mass is 345 g/mol. The second-order valence-corrected chi connectivity index (χ2v) is 5.15. The maximum Gasteiger partial charge on any atom is 0.138 e. The maximum atomic E-state index is 9.05. The van der Waals surface area contributed by atoms with Crippen LogP contribution in [0.3, 0.4) is 0 Å². The molecule has 1 N–H and O–H groups in total. The van der Waals surface area contributed by atoms with E-state index in [0.29, 0.717) is 5.56 Å². The standard InChI is InChI=1S/C14H8IN3/c15-11-6-4-9(5-7-11)14-17-12-3-1-2-10(8-16)13(12)18-14/h1-7H,(H,17,18). The Bertz CT molecular complexity index is 751. The maximum absolute atomic E-state index is 9.05. The summed E-state index contributed by atoms with van der Waals surface area (Å²) in [4.78, 5) is 7.74. The first kappa shape index (κ1) is 11.2. The van der Waals surface area contributed by atoms with Crippen LogP contribution in [0.2, 0.25) is 0 Å². The number of hydrogen-bond donors (Lipinski definition) is 1. The average molecular weight is 345 g/mol. The Kier molecular flexibility index (Phi) is 2.76. The molecule has 0 aliphatic carbocycles. The van der Waals surface area contributed by atoms with E-state index >= 15 is 0 Å². The third kappa shape index (κ3) is 1.87. The van der Waals surface area contributed by atoms with Gasteiger partial charge < -0.3 is 4.98 Å². The molecule has 3 rings (SSSR count). The highest BCUT2D eigenvalue weighted by atomic mass is 127. The van der Waals surface area contributed by atoms with Crippen LogP contribution in [0.15, 0.2) is 42.5 Å². The fourth-order valence-corrected chi connectivity index (χ4v) is 2.23. The fourth-order valence-electron chi connectivity index (χ4n) is 1.87. The predicted octanol–water partition coefficient (Wildman–Crippen LogP) is 3.71. The molecule has 0 amide bonds. The van der Waals surface area contributed by atoms with Crippen molar-refractivity contribution in [2.24, 2.45) is 0 Å². The number of nitriles is 1. The minimum absolute atomic E-state index is 0.598. The number of aromatic amines is 1. The second-order valence-electron chi connectivity index (χ2n) is 3.91. The van der Waals surface area contributed by atoms with Gasteiger partial charge in [0.15, 0.2) is 0 Å². The molecule has 0 aliphatic heterocycles. The summed E-state index contributed by atoms with van der Waals surface area (Å²) in [5.74, 6) is 0.795. The summed E-state index contributed by atoms with van der Waals surface area (Å²) >= 11 is 2.27. The smallest absolute Gasteiger partial charge is 0.138 e. The van der Waals surface area contributed by atoms with Gasteiger partial charge in [-0.05, 0) is 46.9 Å². The van der Waals surface area contributed by atoms with Gasteiger partial charge in [0.1, 0.15) is 17.4 Å². The molecule has 0 atom stereocenters. The van der Waals surface area contributed by atoms with Crippen molar-refractivity contribution < 1.29 is 0 Å². The van der Waals surface area contributed by atoms with Crippen LogP contribution in [0.1, 0.15) is 5.56 Å². The number of rotatable bonds is 1. The predicted molar refractivity (Wildman–Crippen MR) is 79.0 cm³/mol. The third-order valence-electron chi connectivity index (χ3n) is 2.75. The van der Waals surface area contributed by atoms with Gasteiger partial charge in [-0.15, -0.1) is 0 Å². The molecule has 0 saturated carbocycles. The van der Waals surface area contributed by atoms with E-state index < -0.39 is 0 Å². The lowest BCUT2D eigenvalue weighted by atomic mass is 10.2. The molecule has 0 saturated heterocycles. The quantitative estimate of drug-likeness (QED) is 0.684. The third-order valence-corrected chi connectivity index (χ3v) is 3.47. The Morgan fingerprint density at radius 2 is 1.89 bits per heavy atom. The van der Waals surface area contributed by atoms with E-state index in [2.05, 4.69) is 38.6 Å². The van der Waals surface area contributed by atoms with Crippen LogP contribution >= 0.6 is 22.6 Å². The lowest BCUT2D eigenvalue weighted by Crippen LogP contribution is -1.80. The summed E-state index contributed by atoms with van der Waals surface area (Å²) < 4.78 is 1.19. The Labute approximate surface area is 118 Å². The topological polar surface area (TPSA) is 52.5 Å². The van der Waals surface area contributed by atoms with E-state index in [0.717, 1.165) is 22.4 Å². The Morgan fingerprint density at radius 1 is 1.11 bits per heavy atom. The van der Waals surface area contributed by atoms with Gasteiger partial charge in [-0.2, -0.15) is 5.26 Å². The van der Waals surface area contributed by atoms with Gasteiger partial charge in [0.25, 0.3) is 0 Å². The van der Waals surface area contributed by atoms with Crippen molar-refractivity contribution in [2.45, 2.75) is 0 Å². The minimum Gasteiger partial charge on any atom is -0.338 e. The molecular formula is C14H8IN3. The van der Waals surface area contributed by atoms with Crippen molar-refractivity contribution in [3.63, 3.8) is 0 Å². The van der Waals surface area contributed by atoms with Crippen LogP contribution in [-0.2, 0) is 0 Å². The molecule has 2 aromatic carbocycles. The van der Waals surface area contributed by atoms with Crippen molar-refractivity contribution in [2.75, 3.05) is 0 Å². The van der Waals surface area contributed by atoms with Crippen molar-refractivity contribution in [3.8, 4) is 17.5 Å². The first-order chi connectivity index (χ1) is 8.78. The Hall–Kier alpha value is -1.87. The van der Waals surface area contributed by atoms with E-state index in [9.17, 15) is 0 Å². The van der Waals surface area contributed by atoms with Crippen molar-refractivity contribution in [1.29, 1.82) is 5.26 Å². The summed E-state index contributed by atoms with van der Waals surface area (Å²) in [6.07, 6.45) is 0. The van der Waals surface area contributed by atoms with Gasteiger partial charge >= 0.3 is 0 Å². The molecule has 0 aliphatic rings. The Balaban J connectivity index is 2.20. The average Bonchev–Trinajstić information content (AvgIpc) is 2.83. The number of fused-ring (bicyclic) bond motifs is 1. The molecule has 18 heavy (non-hydrogen) atoms. The number of imidazole rings is 1. The molecule has 3 nitrogen and oxygen atoms in total. The number of nitrogens with zero attached hydrogens (tertiary/aromatic N) is 2. The van der Waals surface area contributed by atoms with Crippen LogP contribution in [-0.4, -0.2) is 9.97 Å².